The average molecular weight is 399 g/mol. The molecule has 0 bridgehead atoms. The first kappa shape index (κ1) is 19.6. The second-order valence-electron chi connectivity index (χ2n) is 8.07. The lowest BCUT2D eigenvalue weighted by Gasteiger charge is -2.26. The second kappa shape index (κ2) is 9.19. The van der Waals surface area contributed by atoms with E-state index in [1.54, 1.807) is 0 Å². The SMILES string of the molecule is CC1CC1c1ccc(CCC(=O)Nc2ccc(CCN3CCSCC3)cc2)o1. The van der Waals surface area contributed by atoms with Crippen LogP contribution in [0.15, 0.2) is 40.8 Å². The number of hydrogen-bond donors (Lipinski definition) is 1. The van der Waals surface area contributed by atoms with Crippen molar-refractivity contribution in [3.8, 4) is 0 Å². The molecule has 5 heteroatoms. The van der Waals surface area contributed by atoms with Gasteiger partial charge in [-0.25, -0.2) is 0 Å². The monoisotopic (exact) mass is 398 g/mol. The molecule has 1 saturated heterocycles. The third kappa shape index (κ3) is 5.42. The van der Waals surface area contributed by atoms with Gasteiger partial charge in [-0.05, 0) is 48.6 Å². The topological polar surface area (TPSA) is 45.5 Å². The highest BCUT2D eigenvalue weighted by molar-refractivity contribution is 7.99. The zero-order valence-corrected chi connectivity index (χ0v) is 17.5. The van der Waals surface area contributed by atoms with Gasteiger partial charge in [-0.2, -0.15) is 11.8 Å². The summed E-state index contributed by atoms with van der Waals surface area (Å²) in [6.45, 7) is 5.78. The fraction of sp³-hybridized carbons (Fsp3) is 0.522. The second-order valence-corrected chi connectivity index (χ2v) is 9.30. The molecule has 28 heavy (non-hydrogen) atoms. The highest BCUT2D eigenvalue weighted by Gasteiger charge is 2.36. The molecule has 4 rings (SSSR count). The van der Waals surface area contributed by atoms with E-state index in [9.17, 15) is 4.79 Å². The van der Waals surface area contributed by atoms with Gasteiger partial charge in [0.1, 0.15) is 11.5 Å². The molecule has 2 fully saturated rings. The number of nitrogens with zero attached hydrogens (tertiary/aromatic N) is 1. The minimum absolute atomic E-state index is 0.0382. The van der Waals surface area contributed by atoms with Gasteiger partial charge in [0.05, 0.1) is 0 Å². The summed E-state index contributed by atoms with van der Waals surface area (Å²) in [5.41, 5.74) is 2.20. The van der Waals surface area contributed by atoms with Crippen LogP contribution in [0.3, 0.4) is 0 Å². The number of nitrogens with one attached hydrogen (secondary N) is 1. The van der Waals surface area contributed by atoms with Gasteiger partial charge in [-0.1, -0.05) is 19.1 Å². The van der Waals surface area contributed by atoms with Gasteiger partial charge in [0.2, 0.25) is 5.91 Å². The Kier molecular flexibility index (Phi) is 6.43. The van der Waals surface area contributed by atoms with E-state index in [1.165, 1.54) is 36.6 Å². The Morgan fingerprint density at radius 1 is 1.14 bits per heavy atom. The summed E-state index contributed by atoms with van der Waals surface area (Å²) in [6.07, 6.45) is 3.39. The quantitative estimate of drug-likeness (QED) is 0.708. The largest absolute Gasteiger partial charge is 0.466 e. The zero-order chi connectivity index (χ0) is 19.3. The Labute approximate surface area is 172 Å². The number of anilines is 1. The smallest absolute Gasteiger partial charge is 0.224 e. The van der Waals surface area contributed by atoms with Crippen molar-refractivity contribution in [2.75, 3.05) is 36.5 Å². The average Bonchev–Trinajstić information content (AvgIpc) is 3.26. The van der Waals surface area contributed by atoms with Crippen LogP contribution in [0.4, 0.5) is 5.69 Å². The molecular formula is C23H30N2O2S. The number of amides is 1. The number of carbonyl (C=O) groups excluding carboxylic acids is 1. The molecule has 1 saturated carbocycles. The normalized spacial score (nSPS) is 22.2. The summed E-state index contributed by atoms with van der Waals surface area (Å²) in [6, 6.07) is 12.4. The molecule has 4 nitrogen and oxygen atoms in total. The first-order valence-electron chi connectivity index (χ1n) is 10.4. The Morgan fingerprint density at radius 3 is 2.61 bits per heavy atom. The van der Waals surface area contributed by atoms with Crippen molar-refractivity contribution in [3.63, 3.8) is 0 Å². The third-order valence-corrected chi connectivity index (χ3v) is 6.76. The molecule has 150 valence electrons. The van der Waals surface area contributed by atoms with E-state index in [1.807, 2.05) is 30.0 Å². The summed E-state index contributed by atoms with van der Waals surface area (Å²) >= 11 is 2.05. The molecule has 1 amide bonds. The molecule has 1 aliphatic carbocycles. The number of thioether (sulfide) groups is 1. The first-order valence-corrected chi connectivity index (χ1v) is 11.6. The minimum atomic E-state index is 0.0382. The molecule has 0 spiro atoms. The molecule has 2 heterocycles. The van der Waals surface area contributed by atoms with Crippen molar-refractivity contribution >= 4 is 23.4 Å². The Balaban J connectivity index is 1.19. The number of carbonyl (C=O) groups is 1. The molecule has 2 aliphatic rings. The number of aryl methyl sites for hydroxylation is 1. The van der Waals surface area contributed by atoms with Gasteiger partial charge < -0.3 is 14.6 Å². The van der Waals surface area contributed by atoms with Crippen LogP contribution < -0.4 is 5.32 Å². The molecule has 2 aromatic rings. The number of benzene rings is 1. The van der Waals surface area contributed by atoms with E-state index < -0.39 is 0 Å². The first-order chi connectivity index (χ1) is 13.7. The predicted octanol–water partition coefficient (Wildman–Crippen LogP) is 4.57. The van der Waals surface area contributed by atoms with E-state index in [2.05, 4.69) is 35.3 Å². The number of furan rings is 1. The van der Waals surface area contributed by atoms with Gasteiger partial charge in [0.15, 0.2) is 0 Å². The molecule has 1 aromatic heterocycles. The molecule has 1 aromatic carbocycles. The highest BCUT2D eigenvalue weighted by atomic mass is 32.2. The van der Waals surface area contributed by atoms with Crippen LogP contribution >= 0.6 is 11.8 Å². The maximum absolute atomic E-state index is 12.2. The van der Waals surface area contributed by atoms with Crippen LogP contribution in [-0.2, 0) is 17.6 Å². The maximum Gasteiger partial charge on any atom is 0.224 e. The molecule has 1 N–H and O–H groups in total. The van der Waals surface area contributed by atoms with Crippen molar-refractivity contribution in [3.05, 3.63) is 53.5 Å². The summed E-state index contributed by atoms with van der Waals surface area (Å²) in [5.74, 6) is 5.88. The van der Waals surface area contributed by atoms with Gasteiger partial charge in [-0.3, -0.25) is 4.79 Å². The van der Waals surface area contributed by atoms with Crippen molar-refractivity contribution in [2.24, 2.45) is 5.92 Å². The molecule has 2 unspecified atom stereocenters. The lowest BCUT2D eigenvalue weighted by atomic mass is 10.1. The standard InChI is InChI=1S/C23H30N2O2S/c1-17-16-21(17)22-8-6-20(27-22)7-9-23(26)24-19-4-2-18(3-5-19)10-11-25-12-14-28-15-13-25/h2-6,8,17,21H,7,9-16H2,1H3,(H,24,26). The van der Waals surface area contributed by atoms with Crippen LogP contribution in [0.25, 0.3) is 0 Å². The van der Waals surface area contributed by atoms with Crippen LogP contribution in [0.2, 0.25) is 0 Å². The number of rotatable bonds is 8. The molecule has 1 aliphatic heterocycles. The molecule has 0 radical (unpaired) electrons. The lowest BCUT2D eigenvalue weighted by molar-refractivity contribution is -0.116. The van der Waals surface area contributed by atoms with E-state index in [4.69, 9.17) is 4.42 Å². The van der Waals surface area contributed by atoms with Crippen LogP contribution in [-0.4, -0.2) is 41.9 Å². The third-order valence-electron chi connectivity index (χ3n) is 5.81. The fourth-order valence-corrected chi connectivity index (χ4v) is 4.75. The van der Waals surface area contributed by atoms with Crippen molar-refractivity contribution in [2.45, 2.75) is 38.5 Å². The van der Waals surface area contributed by atoms with Gasteiger partial charge in [-0.15, -0.1) is 0 Å². The van der Waals surface area contributed by atoms with Crippen molar-refractivity contribution in [1.82, 2.24) is 4.90 Å². The zero-order valence-electron chi connectivity index (χ0n) is 16.7. The van der Waals surface area contributed by atoms with Crippen LogP contribution in [0.5, 0.6) is 0 Å². The predicted molar refractivity (Wildman–Crippen MR) is 116 cm³/mol. The summed E-state index contributed by atoms with van der Waals surface area (Å²) in [5, 5.41) is 3.00. The Bertz CT molecular complexity index is 780. The van der Waals surface area contributed by atoms with Gasteiger partial charge >= 0.3 is 0 Å². The van der Waals surface area contributed by atoms with Crippen molar-refractivity contribution < 1.29 is 9.21 Å². The number of hydrogen-bond acceptors (Lipinski definition) is 4. The summed E-state index contributed by atoms with van der Waals surface area (Å²) < 4.78 is 5.89. The van der Waals surface area contributed by atoms with Gasteiger partial charge in [0, 0.05) is 55.6 Å². The fourth-order valence-electron chi connectivity index (χ4n) is 3.77. The molecule has 2 atom stereocenters. The van der Waals surface area contributed by atoms with Crippen LogP contribution in [0.1, 0.15) is 42.8 Å². The summed E-state index contributed by atoms with van der Waals surface area (Å²) in [4.78, 5) is 14.8. The molecular weight excluding hydrogens is 368 g/mol. The lowest BCUT2D eigenvalue weighted by Crippen LogP contribution is -2.34. The van der Waals surface area contributed by atoms with Gasteiger partial charge in [0.25, 0.3) is 0 Å². The summed E-state index contributed by atoms with van der Waals surface area (Å²) in [7, 11) is 0. The van der Waals surface area contributed by atoms with Crippen molar-refractivity contribution in [1.29, 1.82) is 0 Å². The van der Waals surface area contributed by atoms with E-state index in [0.29, 0.717) is 18.8 Å². The van der Waals surface area contributed by atoms with E-state index in [-0.39, 0.29) is 5.91 Å². The minimum Gasteiger partial charge on any atom is -0.466 e. The van der Waals surface area contributed by atoms with E-state index >= 15 is 0 Å². The van der Waals surface area contributed by atoms with Crippen LogP contribution in [0, 0.1) is 5.92 Å². The highest BCUT2D eigenvalue weighted by Crippen LogP contribution is 2.47. The Hall–Kier alpha value is -1.72. The maximum atomic E-state index is 12.2. The van der Waals surface area contributed by atoms with E-state index in [0.717, 1.165) is 36.1 Å². The Morgan fingerprint density at radius 2 is 1.89 bits per heavy atom.